The molecule has 0 fully saturated rings. The number of hydrogen-bond acceptors (Lipinski definition) is 0. The molecule has 0 N–H and O–H groups in total. The van der Waals surface area contributed by atoms with Gasteiger partial charge in [0.15, 0.2) is 0 Å². The van der Waals surface area contributed by atoms with Crippen molar-refractivity contribution in [3.05, 3.63) is 34.7 Å². The molecule has 2 atom stereocenters. The van der Waals surface area contributed by atoms with Gasteiger partial charge in [0.1, 0.15) is 0 Å². The number of allylic oxidation sites excluding steroid dienone is 6. The van der Waals surface area contributed by atoms with Gasteiger partial charge in [-0.2, -0.15) is 0 Å². The van der Waals surface area contributed by atoms with E-state index in [1.54, 1.807) is 0 Å². The van der Waals surface area contributed by atoms with Gasteiger partial charge in [-0.05, 0) is 75.7 Å². The number of fused-ring (bicyclic) bond motifs is 2. The van der Waals surface area contributed by atoms with E-state index in [1.807, 2.05) is 6.92 Å². The van der Waals surface area contributed by atoms with Gasteiger partial charge in [0.05, 0.1) is 5.83 Å². The maximum absolute atomic E-state index is 14.2. The average Bonchev–Trinajstić information content (AvgIpc) is 2.41. The fourth-order valence-electron chi connectivity index (χ4n) is 4.11. The predicted octanol–water partition coefficient (Wildman–Crippen LogP) is 6.75. The molecule has 0 aliphatic heterocycles. The van der Waals surface area contributed by atoms with Gasteiger partial charge in [0.2, 0.25) is 0 Å². The standard InChI is InChI=1S/C20H31F/c1-14-6-10-17-11-8-15(2)18(20(17,4)5)12-9-16(3)19(21)13-7-14/h6,8,17-18H,7,9-13H2,1-5H3/b14-6+,19-16-/t17-,18+/m1/s1. The third-order valence-corrected chi connectivity index (χ3v) is 5.99. The summed E-state index contributed by atoms with van der Waals surface area (Å²) in [5.74, 6) is 1.43. The van der Waals surface area contributed by atoms with Gasteiger partial charge >= 0.3 is 0 Å². The molecule has 0 aromatic carbocycles. The Morgan fingerprint density at radius 1 is 1.00 bits per heavy atom. The van der Waals surface area contributed by atoms with Crippen LogP contribution in [-0.2, 0) is 0 Å². The van der Waals surface area contributed by atoms with Crippen LogP contribution in [0.4, 0.5) is 4.39 Å². The first kappa shape index (κ1) is 16.5. The lowest BCUT2D eigenvalue weighted by Gasteiger charge is -2.45. The van der Waals surface area contributed by atoms with Gasteiger partial charge < -0.3 is 0 Å². The highest BCUT2D eigenvalue weighted by Gasteiger charge is 2.39. The first-order chi connectivity index (χ1) is 9.82. The molecule has 0 unspecified atom stereocenters. The zero-order valence-electron chi connectivity index (χ0n) is 14.4. The lowest BCUT2D eigenvalue weighted by molar-refractivity contribution is 0.119. The molecule has 21 heavy (non-hydrogen) atoms. The van der Waals surface area contributed by atoms with E-state index in [-0.39, 0.29) is 5.83 Å². The maximum Gasteiger partial charge on any atom is 0.0991 e. The first-order valence-electron chi connectivity index (χ1n) is 8.48. The van der Waals surface area contributed by atoms with Crippen molar-refractivity contribution in [3.8, 4) is 0 Å². The van der Waals surface area contributed by atoms with E-state index in [9.17, 15) is 4.39 Å². The van der Waals surface area contributed by atoms with Crippen molar-refractivity contribution in [3.63, 3.8) is 0 Å². The Labute approximate surface area is 130 Å². The molecule has 2 aliphatic carbocycles. The van der Waals surface area contributed by atoms with E-state index in [0.717, 1.165) is 37.2 Å². The molecule has 0 nitrogen and oxygen atoms in total. The summed E-state index contributed by atoms with van der Waals surface area (Å²) in [6.07, 6.45) is 10.6. The molecule has 118 valence electrons. The topological polar surface area (TPSA) is 0 Å². The molecule has 2 aliphatic rings. The monoisotopic (exact) mass is 290 g/mol. The summed E-state index contributed by atoms with van der Waals surface area (Å²) in [5, 5.41) is 0. The molecule has 0 saturated carbocycles. The minimum atomic E-state index is 0.120. The third kappa shape index (κ3) is 3.67. The zero-order chi connectivity index (χ0) is 15.6. The molecule has 0 spiro atoms. The van der Waals surface area contributed by atoms with E-state index in [2.05, 4.69) is 39.8 Å². The van der Waals surface area contributed by atoms with Gasteiger partial charge in [-0.1, -0.05) is 37.1 Å². The molecule has 0 radical (unpaired) electrons. The molecular weight excluding hydrogens is 259 g/mol. The van der Waals surface area contributed by atoms with Crippen LogP contribution in [0.3, 0.4) is 0 Å². The minimum Gasteiger partial charge on any atom is -0.212 e. The van der Waals surface area contributed by atoms with Crippen LogP contribution in [0.5, 0.6) is 0 Å². The Balaban J connectivity index is 2.33. The Bertz CT molecular complexity index is 476. The smallest absolute Gasteiger partial charge is 0.0991 e. The van der Waals surface area contributed by atoms with Gasteiger partial charge in [-0.15, -0.1) is 0 Å². The van der Waals surface area contributed by atoms with Crippen molar-refractivity contribution in [1.29, 1.82) is 0 Å². The Morgan fingerprint density at radius 3 is 2.38 bits per heavy atom. The van der Waals surface area contributed by atoms with Crippen molar-refractivity contribution in [2.45, 2.75) is 73.1 Å². The van der Waals surface area contributed by atoms with Crippen LogP contribution < -0.4 is 0 Å². The largest absolute Gasteiger partial charge is 0.212 e. The van der Waals surface area contributed by atoms with Crippen LogP contribution in [0, 0.1) is 17.3 Å². The van der Waals surface area contributed by atoms with Gasteiger partial charge in [-0.25, -0.2) is 4.39 Å². The highest BCUT2D eigenvalue weighted by Crippen LogP contribution is 2.49. The fraction of sp³-hybridized carbons (Fsp3) is 0.700. The van der Waals surface area contributed by atoms with Crippen LogP contribution in [0.1, 0.15) is 73.1 Å². The summed E-state index contributed by atoms with van der Waals surface area (Å²) in [4.78, 5) is 0. The van der Waals surface area contributed by atoms with Crippen LogP contribution in [0.25, 0.3) is 0 Å². The van der Waals surface area contributed by atoms with Gasteiger partial charge in [0.25, 0.3) is 0 Å². The molecule has 0 heterocycles. The third-order valence-electron chi connectivity index (χ3n) is 5.99. The van der Waals surface area contributed by atoms with Crippen molar-refractivity contribution < 1.29 is 4.39 Å². The first-order valence-corrected chi connectivity index (χ1v) is 8.48. The van der Waals surface area contributed by atoms with Crippen molar-refractivity contribution in [2.75, 3.05) is 0 Å². The minimum absolute atomic E-state index is 0.120. The zero-order valence-corrected chi connectivity index (χ0v) is 14.4. The van der Waals surface area contributed by atoms with Crippen molar-refractivity contribution in [2.24, 2.45) is 17.3 Å². The second kappa shape index (κ2) is 6.50. The molecule has 0 aromatic heterocycles. The van der Waals surface area contributed by atoms with Crippen LogP contribution in [0.2, 0.25) is 0 Å². The molecule has 2 rings (SSSR count). The van der Waals surface area contributed by atoms with E-state index < -0.39 is 0 Å². The van der Waals surface area contributed by atoms with Crippen LogP contribution >= 0.6 is 0 Å². The molecule has 0 aromatic rings. The SMILES string of the molecule is CC1=CC[C@H]2C/C=C(\C)CC/C(F)=C(\C)CC[C@@H]1C2(C)C. The second-order valence-corrected chi connectivity index (χ2v) is 7.76. The number of hydrogen-bond donors (Lipinski definition) is 0. The van der Waals surface area contributed by atoms with Crippen molar-refractivity contribution in [1.82, 2.24) is 0 Å². The van der Waals surface area contributed by atoms with E-state index >= 15 is 0 Å². The highest BCUT2D eigenvalue weighted by molar-refractivity contribution is 5.18. The summed E-state index contributed by atoms with van der Waals surface area (Å²) in [6.45, 7) is 11.2. The van der Waals surface area contributed by atoms with E-state index in [0.29, 0.717) is 17.8 Å². The summed E-state index contributed by atoms with van der Waals surface area (Å²) in [6, 6.07) is 0. The Hall–Kier alpha value is -0.850. The number of rotatable bonds is 0. The molecule has 2 bridgehead atoms. The lowest BCUT2D eigenvalue weighted by Crippen LogP contribution is -2.36. The van der Waals surface area contributed by atoms with Crippen LogP contribution in [0.15, 0.2) is 34.7 Å². The molecule has 1 heteroatoms. The molecular formula is C20H31F. The van der Waals surface area contributed by atoms with Crippen molar-refractivity contribution >= 4 is 0 Å². The summed E-state index contributed by atoms with van der Waals surface area (Å²) in [7, 11) is 0. The van der Waals surface area contributed by atoms with Gasteiger partial charge in [0, 0.05) is 6.42 Å². The van der Waals surface area contributed by atoms with E-state index in [4.69, 9.17) is 0 Å². The summed E-state index contributed by atoms with van der Waals surface area (Å²) < 4.78 is 14.2. The Kier molecular flexibility index (Phi) is 5.11. The average molecular weight is 290 g/mol. The maximum atomic E-state index is 14.2. The fourth-order valence-corrected chi connectivity index (χ4v) is 4.11. The highest BCUT2D eigenvalue weighted by atomic mass is 19.1. The lowest BCUT2D eigenvalue weighted by atomic mass is 9.60. The second-order valence-electron chi connectivity index (χ2n) is 7.76. The quantitative estimate of drug-likeness (QED) is 0.433. The van der Waals surface area contributed by atoms with Crippen LogP contribution in [-0.4, -0.2) is 0 Å². The predicted molar refractivity (Wildman–Crippen MR) is 89.8 cm³/mol. The molecule has 0 amide bonds. The Morgan fingerprint density at radius 2 is 1.67 bits per heavy atom. The number of halogens is 1. The van der Waals surface area contributed by atoms with E-state index in [1.165, 1.54) is 17.6 Å². The normalized spacial score (nSPS) is 36.9. The summed E-state index contributed by atoms with van der Waals surface area (Å²) in [5.41, 5.74) is 4.14. The summed E-state index contributed by atoms with van der Waals surface area (Å²) >= 11 is 0. The molecule has 0 saturated heterocycles. The van der Waals surface area contributed by atoms with Gasteiger partial charge in [-0.3, -0.25) is 0 Å².